The molecular weight excluding hydrogens is 290 g/mol. The van der Waals surface area contributed by atoms with E-state index in [0.717, 1.165) is 13.1 Å². The molecule has 0 bridgehead atoms. The van der Waals surface area contributed by atoms with Gasteiger partial charge in [0.1, 0.15) is 0 Å². The minimum atomic E-state index is 0.971. The molecule has 0 aliphatic rings. The summed E-state index contributed by atoms with van der Waals surface area (Å²) in [5, 5.41) is 2.69. The second-order valence-corrected chi connectivity index (χ2v) is 6.73. The quantitative estimate of drug-likeness (QED) is 0.531. The van der Waals surface area contributed by atoms with Crippen LogP contribution in [0.2, 0.25) is 0 Å². The maximum Gasteiger partial charge on any atom is 0.0240 e. The van der Waals surface area contributed by atoms with Crippen molar-refractivity contribution in [1.82, 2.24) is 4.90 Å². The van der Waals surface area contributed by atoms with Crippen LogP contribution in [0.15, 0.2) is 66.7 Å². The molecule has 0 saturated heterocycles. The second-order valence-electron chi connectivity index (χ2n) is 6.73. The monoisotopic (exact) mass is 317 g/mol. The maximum absolute atomic E-state index is 2.39. The van der Waals surface area contributed by atoms with Crippen molar-refractivity contribution in [3.63, 3.8) is 0 Å². The zero-order chi connectivity index (χ0) is 16.8. The van der Waals surface area contributed by atoms with Gasteiger partial charge in [0.25, 0.3) is 0 Å². The average Bonchev–Trinajstić information content (AvgIpc) is 2.61. The molecule has 0 unspecified atom stereocenters. The SMILES string of the molecule is CCCCc1ccc(CN(C)Cc2cccc3ccccc23)cc1. The van der Waals surface area contributed by atoms with Gasteiger partial charge in [0.05, 0.1) is 0 Å². The second kappa shape index (κ2) is 8.12. The average molecular weight is 317 g/mol. The van der Waals surface area contributed by atoms with Crippen LogP contribution in [0.4, 0.5) is 0 Å². The topological polar surface area (TPSA) is 3.24 Å². The first-order valence-corrected chi connectivity index (χ1v) is 8.99. The van der Waals surface area contributed by atoms with E-state index in [1.165, 1.54) is 46.7 Å². The van der Waals surface area contributed by atoms with Crippen molar-refractivity contribution < 1.29 is 0 Å². The predicted molar refractivity (Wildman–Crippen MR) is 104 cm³/mol. The maximum atomic E-state index is 2.39. The third-order valence-electron chi connectivity index (χ3n) is 4.61. The van der Waals surface area contributed by atoms with E-state index in [1.807, 2.05) is 0 Å². The van der Waals surface area contributed by atoms with E-state index in [2.05, 4.69) is 85.6 Å². The minimum Gasteiger partial charge on any atom is -0.298 e. The van der Waals surface area contributed by atoms with Crippen LogP contribution in [0.3, 0.4) is 0 Å². The Bertz CT molecular complexity index is 768. The smallest absolute Gasteiger partial charge is 0.0240 e. The summed E-state index contributed by atoms with van der Waals surface area (Å²) in [6, 6.07) is 24.4. The molecule has 1 heteroatoms. The van der Waals surface area contributed by atoms with Crippen molar-refractivity contribution >= 4 is 10.8 Å². The van der Waals surface area contributed by atoms with Crippen molar-refractivity contribution in [1.29, 1.82) is 0 Å². The van der Waals surface area contributed by atoms with Gasteiger partial charge in [-0.1, -0.05) is 80.1 Å². The van der Waals surface area contributed by atoms with Crippen LogP contribution in [0.25, 0.3) is 10.8 Å². The summed E-state index contributed by atoms with van der Waals surface area (Å²) >= 11 is 0. The molecule has 24 heavy (non-hydrogen) atoms. The summed E-state index contributed by atoms with van der Waals surface area (Å²) in [6.45, 7) is 4.20. The van der Waals surface area contributed by atoms with Gasteiger partial charge in [-0.15, -0.1) is 0 Å². The summed E-state index contributed by atoms with van der Waals surface area (Å²) < 4.78 is 0. The Kier molecular flexibility index (Phi) is 5.66. The third-order valence-corrected chi connectivity index (χ3v) is 4.61. The first kappa shape index (κ1) is 16.7. The Morgan fingerprint density at radius 1 is 0.750 bits per heavy atom. The highest BCUT2D eigenvalue weighted by Gasteiger charge is 2.05. The number of fused-ring (bicyclic) bond motifs is 1. The lowest BCUT2D eigenvalue weighted by Crippen LogP contribution is -2.17. The number of hydrogen-bond acceptors (Lipinski definition) is 1. The number of nitrogens with zero attached hydrogens (tertiary/aromatic N) is 1. The Morgan fingerprint density at radius 3 is 2.25 bits per heavy atom. The number of aryl methyl sites for hydroxylation is 1. The molecule has 0 atom stereocenters. The molecule has 1 nitrogen and oxygen atoms in total. The third kappa shape index (κ3) is 4.24. The fourth-order valence-corrected chi connectivity index (χ4v) is 3.28. The normalized spacial score (nSPS) is 11.3. The fourth-order valence-electron chi connectivity index (χ4n) is 3.28. The molecule has 124 valence electrons. The highest BCUT2D eigenvalue weighted by atomic mass is 15.1. The van der Waals surface area contributed by atoms with Crippen molar-refractivity contribution in [2.45, 2.75) is 39.3 Å². The Balaban J connectivity index is 1.65. The van der Waals surface area contributed by atoms with Gasteiger partial charge in [0, 0.05) is 13.1 Å². The van der Waals surface area contributed by atoms with Gasteiger partial charge in [0.15, 0.2) is 0 Å². The van der Waals surface area contributed by atoms with Crippen LogP contribution in [-0.4, -0.2) is 11.9 Å². The summed E-state index contributed by atoms with van der Waals surface area (Å²) in [5.74, 6) is 0. The van der Waals surface area contributed by atoms with Gasteiger partial charge in [-0.05, 0) is 47.4 Å². The first-order chi connectivity index (χ1) is 11.8. The zero-order valence-electron chi connectivity index (χ0n) is 14.8. The fraction of sp³-hybridized carbons (Fsp3) is 0.304. The first-order valence-electron chi connectivity index (χ1n) is 8.99. The molecule has 0 aliphatic carbocycles. The molecular formula is C23H27N. The van der Waals surface area contributed by atoms with Gasteiger partial charge in [-0.2, -0.15) is 0 Å². The molecule has 0 radical (unpaired) electrons. The van der Waals surface area contributed by atoms with E-state index in [9.17, 15) is 0 Å². The number of unbranched alkanes of at least 4 members (excludes halogenated alkanes) is 1. The summed E-state index contributed by atoms with van der Waals surface area (Å²) in [4.78, 5) is 2.39. The van der Waals surface area contributed by atoms with Crippen LogP contribution in [0.1, 0.15) is 36.5 Å². The summed E-state index contributed by atoms with van der Waals surface area (Å²) in [6.07, 6.45) is 3.73. The molecule has 0 aliphatic heterocycles. The lowest BCUT2D eigenvalue weighted by Gasteiger charge is -2.18. The van der Waals surface area contributed by atoms with Crippen molar-refractivity contribution in [3.8, 4) is 0 Å². The molecule has 3 aromatic carbocycles. The summed E-state index contributed by atoms with van der Waals surface area (Å²) in [7, 11) is 2.20. The lowest BCUT2D eigenvalue weighted by molar-refractivity contribution is 0.320. The van der Waals surface area contributed by atoms with Gasteiger partial charge < -0.3 is 0 Å². The molecule has 0 fully saturated rings. The van der Waals surface area contributed by atoms with E-state index in [4.69, 9.17) is 0 Å². The minimum absolute atomic E-state index is 0.971. The van der Waals surface area contributed by atoms with Gasteiger partial charge >= 0.3 is 0 Å². The Morgan fingerprint density at radius 2 is 1.46 bits per heavy atom. The standard InChI is InChI=1S/C23H27N/c1-3-4-8-19-13-15-20(16-14-19)17-24(2)18-22-11-7-10-21-9-5-6-12-23(21)22/h5-7,9-16H,3-4,8,17-18H2,1-2H3. The number of benzene rings is 3. The predicted octanol–water partition coefficient (Wildman–Crippen LogP) is 5.81. The van der Waals surface area contributed by atoms with Crippen LogP contribution in [-0.2, 0) is 19.5 Å². The molecule has 0 amide bonds. The van der Waals surface area contributed by atoms with Crippen LogP contribution in [0, 0.1) is 0 Å². The van der Waals surface area contributed by atoms with Crippen LogP contribution < -0.4 is 0 Å². The molecule has 0 saturated carbocycles. The Labute approximate surface area is 145 Å². The largest absolute Gasteiger partial charge is 0.298 e. The molecule has 3 rings (SSSR count). The van der Waals surface area contributed by atoms with Crippen molar-refractivity contribution in [2.75, 3.05) is 7.05 Å². The van der Waals surface area contributed by atoms with Gasteiger partial charge in [-0.25, -0.2) is 0 Å². The van der Waals surface area contributed by atoms with Crippen molar-refractivity contribution in [3.05, 3.63) is 83.4 Å². The highest BCUT2D eigenvalue weighted by Crippen LogP contribution is 2.20. The molecule has 0 N–H and O–H groups in total. The van der Waals surface area contributed by atoms with Gasteiger partial charge in [-0.3, -0.25) is 4.90 Å². The van der Waals surface area contributed by atoms with Gasteiger partial charge in [0.2, 0.25) is 0 Å². The highest BCUT2D eigenvalue weighted by molar-refractivity contribution is 5.85. The van der Waals surface area contributed by atoms with E-state index >= 15 is 0 Å². The lowest BCUT2D eigenvalue weighted by atomic mass is 10.0. The molecule has 0 spiro atoms. The number of hydrogen-bond donors (Lipinski definition) is 0. The zero-order valence-corrected chi connectivity index (χ0v) is 14.8. The Hall–Kier alpha value is -2.12. The van der Waals surface area contributed by atoms with E-state index < -0.39 is 0 Å². The molecule has 3 aromatic rings. The van der Waals surface area contributed by atoms with E-state index in [-0.39, 0.29) is 0 Å². The van der Waals surface area contributed by atoms with Crippen LogP contribution >= 0.6 is 0 Å². The number of rotatable bonds is 7. The van der Waals surface area contributed by atoms with Crippen LogP contribution in [0.5, 0.6) is 0 Å². The van der Waals surface area contributed by atoms with E-state index in [1.54, 1.807) is 0 Å². The molecule has 0 heterocycles. The summed E-state index contributed by atoms with van der Waals surface area (Å²) in [5.41, 5.74) is 4.24. The molecule has 0 aromatic heterocycles. The van der Waals surface area contributed by atoms with E-state index in [0.29, 0.717) is 0 Å². The van der Waals surface area contributed by atoms with Crippen molar-refractivity contribution in [2.24, 2.45) is 0 Å².